The van der Waals surface area contributed by atoms with Crippen LogP contribution in [-0.2, 0) is 4.79 Å². The largest absolute Gasteiger partial charge is 0.324 e. The fourth-order valence-electron chi connectivity index (χ4n) is 3.30. The molecule has 0 radical (unpaired) electrons. The summed E-state index contributed by atoms with van der Waals surface area (Å²) in [5.74, 6) is -0.215. The zero-order chi connectivity index (χ0) is 22.7. The Kier molecular flexibility index (Phi) is 5.93. The smallest absolute Gasteiger partial charge is 0.256 e. The van der Waals surface area contributed by atoms with E-state index in [1.807, 2.05) is 30.3 Å². The van der Waals surface area contributed by atoms with E-state index in [1.165, 1.54) is 17.3 Å². The molecule has 0 saturated heterocycles. The number of pyridine rings is 1. The fraction of sp³-hybridized carbons (Fsp3) is 0.208. The molecule has 2 amide bonds. The van der Waals surface area contributed by atoms with Gasteiger partial charge in [0.2, 0.25) is 5.91 Å². The third-order valence-electron chi connectivity index (χ3n) is 5.20. The molecule has 0 saturated carbocycles. The molecule has 2 N–H and O–H groups in total. The van der Waals surface area contributed by atoms with Crippen LogP contribution in [0.15, 0.2) is 67.3 Å². The Morgan fingerprint density at radius 2 is 1.62 bits per heavy atom. The van der Waals surface area contributed by atoms with E-state index >= 15 is 0 Å². The van der Waals surface area contributed by atoms with Crippen LogP contribution in [-0.4, -0.2) is 31.6 Å². The molecule has 32 heavy (non-hydrogen) atoms. The maximum absolute atomic E-state index is 13.1. The van der Waals surface area contributed by atoms with E-state index in [4.69, 9.17) is 0 Å². The maximum Gasteiger partial charge on any atom is 0.256 e. The summed E-state index contributed by atoms with van der Waals surface area (Å²) >= 11 is 0. The summed E-state index contributed by atoms with van der Waals surface area (Å²) in [7, 11) is 0. The molecule has 4 aromatic rings. The van der Waals surface area contributed by atoms with Crippen LogP contribution >= 0.6 is 0 Å². The Hall–Kier alpha value is -4.07. The maximum atomic E-state index is 13.1. The lowest BCUT2D eigenvalue weighted by atomic mass is 10.0. The standard InChI is InChI=1S/C24H24N6O2/c1-15(2)22-12-20(19-6-4-5-7-21(19)29-22)24(32)28-18-10-8-17(9-11-18)27-23(31)16(3)30-14-25-13-26-30/h4-16H,1-3H3,(H,27,31)(H,28,32). The van der Waals surface area contributed by atoms with Crippen LogP contribution in [0.1, 0.15) is 48.8 Å². The average molecular weight is 428 g/mol. The Bertz CT molecular complexity index is 1250. The first-order valence-corrected chi connectivity index (χ1v) is 10.4. The molecule has 0 fully saturated rings. The summed E-state index contributed by atoms with van der Waals surface area (Å²) in [4.78, 5) is 34.0. The van der Waals surface area contributed by atoms with E-state index in [1.54, 1.807) is 31.2 Å². The molecular formula is C24H24N6O2. The molecule has 0 aliphatic rings. The summed E-state index contributed by atoms with van der Waals surface area (Å²) in [5.41, 5.74) is 3.50. The zero-order valence-electron chi connectivity index (χ0n) is 18.1. The molecule has 0 aliphatic carbocycles. The molecule has 8 heteroatoms. The first-order chi connectivity index (χ1) is 15.4. The summed E-state index contributed by atoms with van der Waals surface area (Å²) in [6.07, 6.45) is 2.88. The molecule has 2 aromatic heterocycles. The minimum atomic E-state index is -0.494. The molecule has 4 rings (SSSR count). The van der Waals surface area contributed by atoms with Crippen molar-refractivity contribution in [2.24, 2.45) is 0 Å². The van der Waals surface area contributed by atoms with Crippen molar-refractivity contribution in [1.82, 2.24) is 19.7 Å². The molecule has 8 nitrogen and oxygen atoms in total. The van der Waals surface area contributed by atoms with Crippen LogP contribution < -0.4 is 10.6 Å². The number of benzene rings is 2. The van der Waals surface area contributed by atoms with Gasteiger partial charge in [-0.2, -0.15) is 5.10 Å². The highest BCUT2D eigenvalue weighted by atomic mass is 16.2. The Morgan fingerprint density at radius 1 is 0.938 bits per heavy atom. The third kappa shape index (κ3) is 4.49. The molecule has 2 heterocycles. The van der Waals surface area contributed by atoms with Gasteiger partial charge in [-0.25, -0.2) is 9.67 Å². The van der Waals surface area contributed by atoms with Gasteiger partial charge in [-0.15, -0.1) is 0 Å². The number of nitrogens with zero attached hydrogens (tertiary/aromatic N) is 4. The van der Waals surface area contributed by atoms with Crippen molar-refractivity contribution >= 4 is 34.1 Å². The lowest BCUT2D eigenvalue weighted by Crippen LogP contribution is -2.24. The van der Waals surface area contributed by atoms with Crippen LogP contribution in [0.4, 0.5) is 11.4 Å². The minimum absolute atomic E-state index is 0.203. The van der Waals surface area contributed by atoms with Gasteiger partial charge in [-0.1, -0.05) is 32.0 Å². The van der Waals surface area contributed by atoms with Gasteiger partial charge in [0.25, 0.3) is 5.91 Å². The van der Waals surface area contributed by atoms with Gasteiger partial charge in [0.1, 0.15) is 18.7 Å². The van der Waals surface area contributed by atoms with E-state index in [9.17, 15) is 9.59 Å². The second-order valence-electron chi connectivity index (χ2n) is 7.84. The second-order valence-corrected chi connectivity index (χ2v) is 7.84. The van der Waals surface area contributed by atoms with E-state index < -0.39 is 6.04 Å². The molecule has 162 valence electrons. The Morgan fingerprint density at radius 3 is 2.28 bits per heavy atom. The van der Waals surface area contributed by atoms with Crippen LogP contribution in [0.3, 0.4) is 0 Å². The van der Waals surface area contributed by atoms with Gasteiger partial charge in [0.15, 0.2) is 0 Å². The van der Waals surface area contributed by atoms with E-state index in [-0.39, 0.29) is 17.7 Å². The third-order valence-corrected chi connectivity index (χ3v) is 5.20. The molecular weight excluding hydrogens is 404 g/mol. The number of hydrogen-bond acceptors (Lipinski definition) is 5. The van der Waals surface area contributed by atoms with Crippen molar-refractivity contribution in [2.45, 2.75) is 32.7 Å². The number of carbonyl (C=O) groups is 2. The van der Waals surface area contributed by atoms with Crippen LogP contribution in [0.5, 0.6) is 0 Å². The highest BCUT2D eigenvalue weighted by molar-refractivity contribution is 6.12. The number of carbonyl (C=O) groups excluding carboxylic acids is 2. The average Bonchev–Trinajstić information content (AvgIpc) is 3.34. The lowest BCUT2D eigenvalue weighted by Gasteiger charge is -2.13. The number of fused-ring (bicyclic) bond motifs is 1. The molecule has 0 spiro atoms. The summed E-state index contributed by atoms with van der Waals surface area (Å²) in [6.45, 7) is 5.84. The second kappa shape index (κ2) is 8.97. The predicted octanol–water partition coefficient (Wildman–Crippen LogP) is 4.40. The summed E-state index contributed by atoms with van der Waals surface area (Å²) in [6, 6.07) is 16.0. The molecule has 2 aromatic carbocycles. The number of para-hydroxylation sites is 1. The number of nitrogens with one attached hydrogen (secondary N) is 2. The predicted molar refractivity (Wildman–Crippen MR) is 124 cm³/mol. The van der Waals surface area contributed by atoms with Gasteiger partial charge in [0, 0.05) is 22.5 Å². The van der Waals surface area contributed by atoms with Crippen LogP contribution in [0.25, 0.3) is 10.9 Å². The van der Waals surface area contributed by atoms with Gasteiger partial charge >= 0.3 is 0 Å². The van der Waals surface area contributed by atoms with Gasteiger partial charge in [-0.3, -0.25) is 14.6 Å². The monoisotopic (exact) mass is 428 g/mol. The highest BCUT2D eigenvalue weighted by Gasteiger charge is 2.17. The van der Waals surface area contributed by atoms with Crippen molar-refractivity contribution in [2.75, 3.05) is 10.6 Å². The number of amides is 2. The van der Waals surface area contributed by atoms with E-state index in [0.717, 1.165) is 16.6 Å². The number of anilines is 2. The SMILES string of the molecule is CC(C)c1cc(C(=O)Nc2ccc(NC(=O)C(C)n3cncn3)cc2)c2ccccc2n1. The first kappa shape index (κ1) is 21.2. The van der Waals surface area contributed by atoms with Crippen molar-refractivity contribution in [1.29, 1.82) is 0 Å². The number of aromatic nitrogens is 4. The number of rotatable bonds is 6. The first-order valence-electron chi connectivity index (χ1n) is 10.4. The molecule has 1 unspecified atom stereocenters. The molecule has 0 bridgehead atoms. The van der Waals surface area contributed by atoms with Crippen molar-refractivity contribution in [3.8, 4) is 0 Å². The number of hydrogen-bond donors (Lipinski definition) is 2. The summed E-state index contributed by atoms with van der Waals surface area (Å²) < 4.78 is 1.48. The quantitative estimate of drug-likeness (QED) is 0.474. The van der Waals surface area contributed by atoms with Gasteiger partial charge in [0.05, 0.1) is 11.1 Å². The Balaban J connectivity index is 1.49. The van der Waals surface area contributed by atoms with Crippen molar-refractivity contribution in [3.05, 3.63) is 78.5 Å². The van der Waals surface area contributed by atoms with Gasteiger partial charge < -0.3 is 10.6 Å². The summed E-state index contributed by atoms with van der Waals surface area (Å²) in [5, 5.41) is 10.6. The normalized spacial score (nSPS) is 12.0. The van der Waals surface area contributed by atoms with Crippen LogP contribution in [0, 0.1) is 0 Å². The van der Waals surface area contributed by atoms with Crippen molar-refractivity contribution in [3.63, 3.8) is 0 Å². The lowest BCUT2D eigenvalue weighted by molar-refractivity contribution is -0.119. The van der Waals surface area contributed by atoms with Crippen molar-refractivity contribution < 1.29 is 9.59 Å². The Labute approximate surface area is 185 Å². The topological polar surface area (TPSA) is 102 Å². The molecule has 1 atom stereocenters. The highest BCUT2D eigenvalue weighted by Crippen LogP contribution is 2.24. The minimum Gasteiger partial charge on any atom is -0.324 e. The van der Waals surface area contributed by atoms with Gasteiger partial charge in [-0.05, 0) is 49.2 Å². The fourth-order valence-corrected chi connectivity index (χ4v) is 3.30. The van der Waals surface area contributed by atoms with E-state index in [0.29, 0.717) is 16.9 Å². The van der Waals surface area contributed by atoms with E-state index in [2.05, 4.69) is 39.5 Å². The molecule has 0 aliphatic heterocycles. The zero-order valence-corrected chi connectivity index (χ0v) is 18.1. The van der Waals surface area contributed by atoms with Crippen LogP contribution in [0.2, 0.25) is 0 Å².